The number of pyridine rings is 1. The van der Waals surface area contributed by atoms with Crippen LogP contribution in [0, 0.1) is 0 Å². The van der Waals surface area contributed by atoms with Gasteiger partial charge in [-0.2, -0.15) is 4.98 Å². The van der Waals surface area contributed by atoms with Gasteiger partial charge in [-0.05, 0) is 36.4 Å². The summed E-state index contributed by atoms with van der Waals surface area (Å²) in [6.07, 6.45) is 1.81. The lowest BCUT2D eigenvalue weighted by molar-refractivity contribution is 0.122. The summed E-state index contributed by atoms with van der Waals surface area (Å²) in [6.45, 7) is 7.68. The number of aromatic nitrogens is 3. The summed E-state index contributed by atoms with van der Waals surface area (Å²) in [5, 5.41) is 4.16. The van der Waals surface area contributed by atoms with Crippen LogP contribution in [-0.2, 0) is 11.3 Å². The first-order chi connectivity index (χ1) is 15.8. The van der Waals surface area contributed by atoms with Gasteiger partial charge in [0.05, 0.1) is 26.9 Å². The van der Waals surface area contributed by atoms with Crippen LogP contribution in [0.25, 0.3) is 11.4 Å². The second kappa shape index (κ2) is 9.54. The number of hydrogen-bond acceptors (Lipinski definition) is 9. The number of benzene rings is 1. The number of hydrogen-bond donors (Lipinski definition) is 0. The largest absolute Gasteiger partial charge is 0.497 e. The van der Waals surface area contributed by atoms with Gasteiger partial charge in [-0.3, -0.25) is 4.90 Å². The highest BCUT2D eigenvalue weighted by molar-refractivity contribution is 5.56. The first-order valence-corrected chi connectivity index (χ1v) is 11.0. The van der Waals surface area contributed by atoms with Crippen LogP contribution in [0.2, 0.25) is 0 Å². The van der Waals surface area contributed by atoms with E-state index >= 15 is 0 Å². The van der Waals surface area contributed by atoms with Crippen LogP contribution in [-0.4, -0.2) is 79.6 Å². The number of piperazine rings is 1. The molecule has 9 heteroatoms. The summed E-state index contributed by atoms with van der Waals surface area (Å²) < 4.78 is 16.2. The van der Waals surface area contributed by atoms with E-state index < -0.39 is 0 Å². The van der Waals surface area contributed by atoms with E-state index in [2.05, 4.69) is 42.0 Å². The maximum Gasteiger partial charge on any atom is 0.241 e. The Balaban J connectivity index is 1.15. The highest BCUT2D eigenvalue weighted by Gasteiger charge is 2.20. The summed E-state index contributed by atoms with van der Waals surface area (Å²) in [5.41, 5.74) is 2.08. The summed E-state index contributed by atoms with van der Waals surface area (Å²) in [4.78, 5) is 16.1. The van der Waals surface area contributed by atoms with Gasteiger partial charge in [0.2, 0.25) is 11.7 Å². The Morgan fingerprint density at radius 3 is 2.38 bits per heavy atom. The topological polar surface area (TPSA) is 80.0 Å². The molecule has 0 saturated carbocycles. The first-order valence-electron chi connectivity index (χ1n) is 11.0. The zero-order chi connectivity index (χ0) is 21.8. The molecule has 1 aromatic carbocycles. The second-order valence-corrected chi connectivity index (χ2v) is 7.98. The van der Waals surface area contributed by atoms with Crippen molar-refractivity contribution in [2.24, 2.45) is 0 Å². The van der Waals surface area contributed by atoms with Crippen molar-refractivity contribution in [3.63, 3.8) is 0 Å². The summed E-state index contributed by atoms with van der Waals surface area (Å²) >= 11 is 0. The average molecular weight is 437 g/mol. The highest BCUT2D eigenvalue weighted by Crippen LogP contribution is 2.22. The average Bonchev–Trinajstić information content (AvgIpc) is 3.34. The van der Waals surface area contributed by atoms with Gasteiger partial charge in [0.25, 0.3) is 0 Å². The molecule has 0 spiro atoms. The predicted octanol–water partition coefficient (Wildman–Crippen LogP) is 2.30. The van der Waals surface area contributed by atoms with E-state index in [0.717, 1.165) is 69.6 Å². The van der Waals surface area contributed by atoms with Gasteiger partial charge in [0.1, 0.15) is 11.6 Å². The summed E-state index contributed by atoms with van der Waals surface area (Å²) in [7, 11) is 1.69. The van der Waals surface area contributed by atoms with E-state index in [-0.39, 0.29) is 0 Å². The third-order valence-electron chi connectivity index (χ3n) is 5.98. The van der Waals surface area contributed by atoms with Crippen molar-refractivity contribution in [3.05, 3.63) is 48.5 Å². The fraction of sp³-hybridized carbons (Fsp3) is 0.435. The lowest BCUT2D eigenvalue weighted by Crippen LogP contribution is -2.46. The number of methoxy groups -OCH3 is 1. The Bertz CT molecular complexity index is 993. The van der Waals surface area contributed by atoms with Gasteiger partial charge >= 0.3 is 0 Å². The van der Waals surface area contributed by atoms with Gasteiger partial charge in [0, 0.05) is 56.7 Å². The van der Waals surface area contributed by atoms with E-state index in [0.29, 0.717) is 18.3 Å². The zero-order valence-corrected chi connectivity index (χ0v) is 18.3. The number of morpholine rings is 1. The Morgan fingerprint density at radius 1 is 0.906 bits per heavy atom. The van der Waals surface area contributed by atoms with Crippen molar-refractivity contribution in [1.82, 2.24) is 20.0 Å². The normalized spacial score (nSPS) is 17.5. The molecule has 2 fully saturated rings. The zero-order valence-electron chi connectivity index (χ0n) is 18.3. The molecule has 168 valence electrons. The molecule has 0 bridgehead atoms. The van der Waals surface area contributed by atoms with Crippen LogP contribution in [0.15, 0.2) is 47.1 Å². The molecule has 32 heavy (non-hydrogen) atoms. The Hall–Kier alpha value is -3.17. The number of ether oxygens (including phenoxy) is 2. The molecule has 2 aliphatic heterocycles. The molecule has 3 aromatic rings. The Kier molecular flexibility index (Phi) is 6.17. The molecule has 0 unspecified atom stereocenters. The molecular weight excluding hydrogens is 408 g/mol. The van der Waals surface area contributed by atoms with Gasteiger partial charge in [-0.15, -0.1) is 0 Å². The molecule has 0 radical (unpaired) electrons. The van der Waals surface area contributed by atoms with Crippen molar-refractivity contribution >= 4 is 11.5 Å². The number of rotatable bonds is 6. The summed E-state index contributed by atoms with van der Waals surface area (Å²) in [6, 6.07) is 12.2. The first kappa shape index (κ1) is 20.7. The van der Waals surface area contributed by atoms with Crippen LogP contribution in [0.4, 0.5) is 11.5 Å². The fourth-order valence-electron chi connectivity index (χ4n) is 4.08. The maximum atomic E-state index is 5.52. The van der Waals surface area contributed by atoms with Crippen LogP contribution in [0.1, 0.15) is 5.89 Å². The van der Waals surface area contributed by atoms with E-state index in [1.54, 1.807) is 7.11 Å². The molecule has 0 amide bonds. The fourth-order valence-corrected chi connectivity index (χ4v) is 4.08. The highest BCUT2D eigenvalue weighted by atomic mass is 16.5. The Labute approximate surface area is 187 Å². The smallest absolute Gasteiger partial charge is 0.241 e. The van der Waals surface area contributed by atoms with E-state index in [1.807, 2.05) is 30.5 Å². The van der Waals surface area contributed by atoms with E-state index in [9.17, 15) is 0 Å². The van der Waals surface area contributed by atoms with Crippen molar-refractivity contribution in [2.75, 3.05) is 69.4 Å². The van der Waals surface area contributed by atoms with Gasteiger partial charge < -0.3 is 23.8 Å². The monoisotopic (exact) mass is 436 g/mol. The predicted molar refractivity (Wildman–Crippen MR) is 121 cm³/mol. The van der Waals surface area contributed by atoms with Crippen LogP contribution in [0.5, 0.6) is 5.75 Å². The van der Waals surface area contributed by atoms with Crippen molar-refractivity contribution in [3.8, 4) is 17.1 Å². The van der Waals surface area contributed by atoms with Gasteiger partial charge in [-0.25, -0.2) is 4.98 Å². The second-order valence-electron chi connectivity index (χ2n) is 7.98. The standard InChI is InChI=1S/C23H28N6O3/c1-30-20-5-3-19(4-6-20)28-10-8-27(9-11-28)17-22-25-23(26-32-22)18-2-7-21(24-16-18)29-12-14-31-15-13-29/h2-7,16H,8-15,17H2,1H3. The van der Waals surface area contributed by atoms with Crippen molar-refractivity contribution in [2.45, 2.75) is 6.54 Å². The van der Waals surface area contributed by atoms with Crippen LogP contribution >= 0.6 is 0 Å². The third-order valence-corrected chi connectivity index (χ3v) is 5.98. The molecule has 2 aromatic heterocycles. The minimum Gasteiger partial charge on any atom is -0.497 e. The van der Waals surface area contributed by atoms with Gasteiger partial charge in [-0.1, -0.05) is 5.16 Å². The van der Waals surface area contributed by atoms with Crippen LogP contribution < -0.4 is 14.5 Å². The lowest BCUT2D eigenvalue weighted by Gasteiger charge is -2.35. The SMILES string of the molecule is COc1ccc(N2CCN(Cc3nc(-c4ccc(N5CCOCC5)nc4)no3)CC2)cc1. The third kappa shape index (κ3) is 4.68. The molecule has 2 aliphatic rings. The molecule has 2 saturated heterocycles. The summed E-state index contributed by atoms with van der Waals surface area (Å²) in [5.74, 6) is 3.05. The molecule has 9 nitrogen and oxygen atoms in total. The quantitative estimate of drug-likeness (QED) is 0.578. The molecule has 4 heterocycles. The van der Waals surface area contributed by atoms with Crippen molar-refractivity contribution < 1.29 is 14.0 Å². The maximum absolute atomic E-state index is 5.52. The lowest BCUT2D eigenvalue weighted by atomic mass is 10.2. The number of nitrogens with zero attached hydrogens (tertiary/aromatic N) is 6. The minimum atomic E-state index is 0.581. The number of anilines is 2. The molecular formula is C23H28N6O3. The molecule has 0 aliphatic carbocycles. The van der Waals surface area contributed by atoms with E-state index in [4.69, 9.17) is 14.0 Å². The molecule has 0 atom stereocenters. The molecule has 0 N–H and O–H groups in total. The molecule has 5 rings (SSSR count). The van der Waals surface area contributed by atoms with Crippen LogP contribution in [0.3, 0.4) is 0 Å². The van der Waals surface area contributed by atoms with E-state index in [1.165, 1.54) is 5.69 Å². The minimum absolute atomic E-state index is 0.581. The van der Waals surface area contributed by atoms with Gasteiger partial charge in [0.15, 0.2) is 0 Å². The Morgan fingerprint density at radius 2 is 1.69 bits per heavy atom. The van der Waals surface area contributed by atoms with Crippen molar-refractivity contribution in [1.29, 1.82) is 0 Å².